The minimum atomic E-state index is 0.608. The van der Waals surface area contributed by atoms with E-state index in [4.69, 9.17) is 0 Å². The van der Waals surface area contributed by atoms with E-state index in [-0.39, 0.29) is 0 Å². The van der Waals surface area contributed by atoms with Crippen molar-refractivity contribution < 1.29 is 0 Å². The van der Waals surface area contributed by atoms with Crippen LogP contribution in [0.4, 0.5) is 0 Å². The highest BCUT2D eigenvalue weighted by Crippen LogP contribution is 2.55. The summed E-state index contributed by atoms with van der Waals surface area (Å²) in [5.41, 5.74) is 4.45. The summed E-state index contributed by atoms with van der Waals surface area (Å²) < 4.78 is 0. The van der Waals surface area contributed by atoms with Crippen LogP contribution in [-0.2, 0) is 0 Å². The van der Waals surface area contributed by atoms with Gasteiger partial charge < -0.3 is 0 Å². The van der Waals surface area contributed by atoms with Crippen molar-refractivity contribution in [3.8, 4) is 0 Å². The Morgan fingerprint density at radius 3 is 2.31 bits per heavy atom. The number of hydrogen-bond acceptors (Lipinski definition) is 0. The molecule has 130 valence electrons. The number of hydrogen-bond donors (Lipinski definition) is 0. The molecule has 0 N–H and O–H groups in total. The maximum absolute atomic E-state index is 2.50. The van der Waals surface area contributed by atoms with E-state index in [1.807, 2.05) is 0 Å². The van der Waals surface area contributed by atoms with Crippen molar-refractivity contribution in [1.29, 1.82) is 0 Å². The van der Waals surface area contributed by atoms with Gasteiger partial charge in [-0.25, -0.2) is 0 Å². The van der Waals surface area contributed by atoms with Crippen LogP contribution in [0.25, 0.3) is 6.08 Å². The monoisotopic (exact) mass is 356 g/mol. The maximum Gasteiger partial charge on any atom is 0.0129 e. The van der Waals surface area contributed by atoms with Crippen LogP contribution in [-0.4, -0.2) is 0 Å². The molecule has 4 atom stereocenters. The van der Waals surface area contributed by atoms with E-state index in [9.17, 15) is 0 Å². The third kappa shape index (κ3) is 2.81. The van der Waals surface area contributed by atoms with Crippen molar-refractivity contribution in [3.63, 3.8) is 0 Å². The van der Waals surface area contributed by atoms with Crippen LogP contribution in [0.15, 0.2) is 78.1 Å². The topological polar surface area (TPSA) is 0 Å². The van der Waals surface area contributed by atoms with Gasteiger partial charge in [-0.2, -0.15) is 0 Å². The van der Waals surface area contributed by atoms with Crippen LogP contribution in [0.1, 0.15) is 35.4 Å². The fraction of sp³-hybridized carbons (Fsp3) is 0.280. The van der Waals surface area contributed by atoms with E-state index in [1.165, 1.54) is 29.3 Å². The van der Waals surface area contributed by atoms with E-state index in [0.29, 0.717) is 5.92 Å². The summed E-state index contributed by atoms with van der Waals surface area (Å²) >= 11 is 0. The van der Waals surface area contributed by atoms with Gasteiger partial charge in [-0.3, -0.25) is 0 Å². The number of rotatable bonds is 3. The van der Waals surface area contributed by atoms with Gasteiger partial charge in [0.2, 0.25) is 0 Å². The first-order chi connectivity index (χ1) is 12.8. The summed E-state index contributed by atoms with van der Waals surface area (Å²) in [6.45, 7) is 2.25. The Morgan fingerprint density at radius 1 is 0.846 bits per heavy atom. The smallest absolute Gasteiger partial charge is 0.0129 e. The Morgan fingerprint density at radius 2 is 1.54 bits per heavy atom. The number of fused-ring (bicyclic) bond motifs is 2. The largest absolute Gasteiger partial charge is 0.0808 e. The molecule has 0 saturated heterocycles. The van der Waals surface area contributed by atoms with Gasteiger partial charge in [-0.15, -0.1) is 0 Å². The first-order valence-corrected chi connectivity index (χ1v) is 10.8. The highest BCUT2D eigenvalue weighted by molar-refractivity contribution is 7.52. The van der Waals surface area contributed by atoms with E-state index in [2.05, 4.69) is 85.8 Å². The van der Waals surface area contributed by atoms with Crippen LogP contribution >= 0.6 is 8.58 Å². The molecule has 0 amide bonds. The Hall–Kier alpha value is -1.91. The average Bonchev–Trinajstić information content (AvgIpc) is 3.24. The van der Waals surface area contributed by atoms with Crippen LogP contribution in [0, 0.1) is 24.7 Å². The van der Waals surface area contributed by atoms with Crippen LogP contribution < -0.4 is 5.30 Å². The summed E-state index contributed by atoms with van der Waals surface area (Å²) in [5.74, 6) is 2.88. The van der Waals surface area contributed by atoms with Crippen molar-refractivity contribution in [2.24, 2.45) is 17.8 Å². The molecule has 0 spiro atoms. The molecule has 0 radical (unpaired) electrons. The Kier molecular flexibility index (Phi) is 4.18. The van der Waals surface area contributed by atoms with Crippen molar-refractivity contribution in [2.45, 2.75) is 25.7 Å². The molecule has 26 heavy (non-hydrogen) atoms. The van der Waals surface area contributed by atoms with Crippen molar-refractivity contribution >= 4 is 20.0 Å². The minimum Gasteiger partial charge on any atom is -0.0808 e. The van der Waals surface area contributed by atoms with Gasteiger partial charge in [0, 0.05) is 5.92 Å². The SMILES string of the molecule is Cc1ccccc1PC1=Cc2ccccc2C1C1CC2C=CC=CC2C1. The first kappa shape index (κ1) is 16.3. The molecule has 2 aromatic carbocycles. The molecule has 0 aliphatic heterocycles. The molecule has 2 aromatic rings. The van der Waals surface area contributed by atoms with E-state index in [0.717, 1.165) is 26.3 Å². The zero-order valence-electron chi connectivity index (χ0n) is 15.2. The van der Waals surface area contributed by atoms with Crippen molar-refractivity contribution in [1.82, 2.24) is 0 Å². The average molecular weight is 356 g/mol. The van der Waals surface area contributed by atoms with Gasteiger partial charge in [-0.1, -0.05) is 87.5 Å². The molecule has 1 heteroatoms. The van der Waals surface area contributed by atoms with Gasteiger partial charge in [0.05, 0.1) is 0 Å². The molecular weight excluding hydrogens is 331 g/mol. The zero-order chi connectivity index (χ0) is 17.5. The molecule has 1 saturated carbocycles. The van der Waals surface area contributed by atoms with E-state index < -0.39 is 0 Å². The quantitative estimate of drug-likeness (QED) is 0.574. The Balaban J connectivity index is 1.49. The molecular formula is C25H25P. The standard InChI is InChI=1S/C25H25P/c1-17-8-2-7-13-23(17)26-24-16-20-11-5-6-12-22(20)25(24)21-14-18-9-3-4-10-19(18)15-21/h2-13,16,18-19,21,25-26H,14-15H2,1H3. The second-order valence-electron chi connectivity index (χ2n) is 7.98. The summed E-state index contributed by atoms with van der Waals surface area (Å²) in [6, 6.07) is 18.0. The molecule has 3 aliphatic rings. The van der Waals surface area contributed by atoms with E-state index >= 15 is 0 Å². The third-order valence-electron chi connectivity index (χ3n) is 6.40. The van der Waals surface area contributed by atoms with Crippen LogP contribution in [0.2, 0.25) is 0 Å². The van der Waals surface area contributed by atoms with E-state index in [1.54, 1.807) is 10.9 Å². The fourth-order valence-electron chi connectivity index (χ4n) is 5.11. The minimum absolute atomic E-state index is 0.608. The van der Waals surface area contributed by atoms with Gasteiger partial charge in [0.1, 0.15) is 0 Å². The third-order valence-corrected chi connectivity index (χ3v) is 7.97. The van der Waals surface area contributed by atoms with Gasteiger partial charge in [-0.05, 0) is 64.8 Å². The summed E-state index contributed by atoms with van der Waals surface area (Å²) in [5, 5.41) is 3.16. The normalized spacial score (nSPS) is 29.2. The Bertz CT molecular complexity index is 897. The fourth-order valence-corrected chi connectivity index (χ4v) is 6.66. The second kappa shape index (κ2) is 6.67. The molecule has 4 unspecified atom stereocenters. The Labute approximate surface area is 158 Å². The lowest BCUT2D eigenvalue weighted by atomic mass is 9.85. The highest BCUT2D eigenvalue weighted by Gasteiger charge is 2.40. The zero-order valence-corrected chi connectivity index (χ0v) is 16.2. The van der Waals surface area contributed by atoms with Crippen molar-refractivity contribution in [2.75, 3.05) is 0 Å². The molecule has 0 heterocycles. The van der Waals surface area contributed by atoms with Gasteiger partial charge >= 0.3 is 0 Å². The molecule has 3 aliphatic carbocycles. The van der Waals surface area contributed by atoms with Crippen LogP contribution in [0.3, 0.4) is 0 Å². The molecule has 0 bridgehead atoms. The van der Waals surface area contributed by atoms with Crippen LogP contribution in [0.5, 0.6) is 0 Å². The lowest BCUT2D eigenvalue weighted by Gasteiger charge is -2.24. The summed E-state index contributed by atoms with van der Waals surface area (Å²) in [6.07, 6.45) is 14.5. The molecule has 5 rings (SSSR count). The lowest BCUT2D eigenvalue weighted by Crippen LogP contribution is -2.11. The predicted molar refractivity (Wildman–Crippen MR) is 114 cm³/mol. The second-order valence-corrected chi connectivity index (χ2v) is 9.34. The predicted octanol–water partition coefficient (Wildman–Crippen LogP) is 6.21. The van der Waals surface area contributed by atoms with Gasteiger partial charge in [0.15, 0.2) is 0 Å². The molecule has 0 aromatic heterocycles. The first-order valence-electron chi connectivity index (χ1n) is 9.78. The summed E-state index contributed by atoms with van der Waals surface area (Å²) in [4.78, 5) is 0. The maximum atomic E-state index is 2.50. The number of benzene rings is 2. The number of aryl methyl sites for hydroxylation is 1. The van der Waals surface area contributed by atoms with Gasteiger partial charge in [0.25, 0.3) is 0 Å². The number of allylic oxidation sites excluding steroid dienone is 5. The van der Waals surface area contributed by atoms with Crippen molar-refractivity contribution in [3.05, 3.63) is 94.8 Å². The summed E-state index contributed by atoms with van der Waals surface area (Å²) in [7, 11) is 0.787. The molecule has 1 fully saturated rings. The highest BCUT2D eigenvalue weighted by atomic mass is 31.1. The lowest BCUT2D eigenvalue weighted by molar-refractivity contribution is 0.479. The molecule has 0 nitrogen and oxygen atoms in total.